The van der Waals surface area contributed by atoms with Crippen molar-refractivity contribution in [3.63, 3.8) is 0 Å². The molecule has 2 fully saturated rings. The predicted molar refractivity (Wildman–Crippen MR) is 126 cm³/mol. The summed E-state index contributed by atoms with van der Waals surface area (Å²) in [6.45, 7) is 1.32. The summed E-state index contributed by atoms with van der Waals surface area (Å²) in [5.74, 6) is -1.07. The van der Waals surface area contributed by atoms with Crippen LogP contribution < -0.4 is 5.32 Å². The van der Waals surface area contributed by atoms with Crippen LogP contribution in [-0.4, -0.2) is 53.7 Å². The molecule has 3 aliphatic rings. The van der Waals surface area contributed by atoms with Gasteiger partial charge in [-0.1, -0.05) is 55.0 Å². The van der Waals surface area contributed by atoms with Crippen LogP contribution in [0.4, 0.5) is 4.79 Å². The number of benzene rings is 2. The predicted octanol–water partition coefficient (Wildman–Crippen LogP) is 4.02. The summed E-state index contributed by atoms with van der Waals surface area (Å²) in [6.07, 6.45) is 2.67. The molecule has 3 atom stereocenters. The molecule has 1 aliphatic heterocycles. The fourth-order valence-corrected chi connectivity index (χ4v) is 5.90. The molecule has 1 heterocycles. The molecule has 0 radical (unpaired) electrons. The van der Waals surface area contributed by atoms with Crippen LogP contribution in [0.25, 0.3) is 11.1 Å². The van der Waals surface area contributed by atoms with Gasteiger partial charge in [0.15, 0.2) is 0 Å². The first kappa shape index (κ1) is 22.4. The third-order valence-corrected chi connectivity index (χ3v) is 7.54. The fourth-order valence-electron chi connectivity index (χ4n) is 5.90. The number of carboxylic acids is 1. The van der Waals surface area contributed by atoms with Crippen LogP contribution in [0.5, 0.6) is 0 Å². The second-order valence-electron chi connectivity index (χ2n) is 9.65. The number of hydrogen-bond donors (Lipinski definition) is 2. The highest BCUT2D eigenvalue weighted by molar-refractivity contribution is 5.82. The Balaban J connectivity index is 1.18. The van der Waals surface area contributed by atoms with E-state index in [9.17, 15) is 14.4 Å². The van der Waals surface area contributed by atoms with E-state index >= 15 is 0 Å². The van der Waals surface area contributed by atoms with Crippen molar-refractivity contribution in [1.82, 2.24) is 10.2 Å². The van der Waals surface area contributed by atoms with E-state index in [1.807, 2.05) is 24.3 Å². The number of alkyl carbamates (subject to hydrolysis) is 1. The molecule has 34 heavy (non-hydrogen) atoms. The zero-order valence-electron chi connectivity index (χ0n) is 19.1. The molecule has 1 saturated carbocycles. The van der Waals surface area contributed by atoms with Crippen molar-refractivity contribution in [2.75, 3.05) is 19.7 Å². The number of hydrogen-bond acceptors (Lipinski definition) is 4. The summed E-state index contributed by atoms with van der Waals surface area (Å²) < 4.78 is 5.68. The quantitative estimate of drug-likeness (QED) is 0.676. The summed E-state index contributed by atoms with van der Waals surface area (Å²) in [4.78, 5) is 38.6. The second-order valence-corrected chi connectivity index (χ2v) is 9.65. The van der Waals surface area contributed by atoms with Gasteiger partial charge in [-0.3, -0.25) is 9.59 Å². The molecule has 7 heteroatoms. The third-order valence-electron chi connectivity index (χ3n) is 7.54. The number of likely N-dealkylation sites (tertiary alicyclic amines) is 1. The van der Waals surface area contributed by atoms with Gasteiger partial charge in [0.1, 0.15) is 6.61 Å². The molecule has 1 unspecified atom stereocenters. The van der Waals surface area contributed by atoms with Crippen LogP contribution in [0.3, 0.4) is 0 Å². The average molecular weight is 463 g/mol. The zero-order chi connectivity index (χ0) is 23.7. The van der Waals surface area contributed by atoms with Gasteiger partial charge in [-0.2, -0.15) is 0 Å². The highest BCUT2D eigenvalue weighted by Crippen LogP contribution is 2.44. The van der Waals surface area contributed by atoms with Gasteiger partial charge in [-0.15, -0.1) is 0 Å². The van der Waals surface area contributed by atoms with E-state index in [0.29, 0.717) is 13.1 Å². The minimum Gasteiger partial charge on any atom is -0.481 e. The van der Waals surface area contributed by atoms with E-state index in [0.717, 1.165) is 36.8 Å². The van der Waals surface area contributed by atoms with E-state index < -0.39 is 12.1 Å². The molecule has 2 aromatic rings. The van der Waals surface area contributed by atoms with Crippen LogP contribution in [0.2, 0.25) is 0 Å². The van der Waals surface area contributed by atoms with Crippen molar-refractivity contribution >= 4 is 18.0 Å². The number of carbonyl (C=O) groups excluding carboxylic acids is 2. The Morgan fingerprint density at radius 3 is 2.32 bits per heavy atom. The number of carbonyl (C=O) groups is 3. The number of fused-ring (bicyclic) bond motifs is 3. The zero-order valence-corrected chi connectivity index (χ0v) is 19.1. The van der Waals surface area contributed by atoms with Crippen molar-refractivity contribution in [1.29, 1.82) is 0 Å². The molecule has 7 nitrogen and oxygen atoms in total. The Morgan fingerprint density at radius 2 is 1.65 bits per heavy atom. The SMILES string of the molecule is O=C(O)CC1CCN(C(=O)[C@H]2CCC[C@H]2NC(=O)OCC2c3ccccc3-c3ccccc32)C1. The Morgan fingerprint density at radius 1 is 0.971 bits per heavy atom. The topological polar surface area (TPSA) is 95.9 Å². The maximum Gasteiger partial charge on any atom is 0.407 e. The van der Waals surface area contributed by atoms with E-state index in [1.165, 1.54) is 11.1 Å². The summed E-state index contributed by atoms with van der Waals surface area (Å²) in [5, 5.41) is 12.0. The maximum absolute atomic E-state index is 13.1. The van der Waals surface area contributed by atoms with Gasteiger partial charge >= 0.3 is 12.1 Å². The van der Waals surface area contributed by atoms with Crippen LogP contribution in [-0.2, 0) is 14.3 Å². The van der Waals surface area contributed by atoms with Crippen LogP contribution in [0, 0.1) is 11.8 Å². The number of carboxylic acid groups (broad SMARTS) is 1. The molecule has 1 saturated heterocycles. The Labute approximate surface area is 199 Å². The van der Waals surface area contributed by atoms with Crippen molar-refractivity contribution < 1.29 is 24.2 Å². The first-order chi connectivity index (χ1) is 16.5. The third kappa shape index (κ3) is 4.39. The second kappa shape index (κ2) is 9.49. The number of nitrogens with one attached hydrogen (secondary N) is 1. The normalized spacial score (nSPS) is 23.4. The number of nitrogens with zero attached hydrogens (tertiary/aromatic N) is 1. The Hall–Kier alpha value is -3.35. The molecule has 178 valence electrons. The smallest absolute Gasteiger partial charge is 0.407 e. The Kier molecular flexibility index (Phi) is 6.26. The molecule has 0 bridgehead atoms. The first-order valence-corrected chi connectivity index (χ1v) is 12.1. The minimum absolute atomic E-state index is 0.00470. The van der Waals surface area contributed by atoms with E-state index in [-0.39, 0.29) is 42.7 Å². The first-order valence-electron chi connectivity index (χ1n) is 12.1. The highest BCUT2D eigenvalue weighted by Gasteiger charge is 2.39. The summed E-state index contributed by atoms with van der Waals surface area (Å²) in [5.41, 5.74) is 4.69. The highest BCUT2D eigenvalue weighted by atomic mass is 16.5. The van der Waals surface area contributed by atoms with Gasteiger partial charge in [0, 0.05) is 31.5 Å². The molecule has 2 N–H and O–H groups in total. The van der Waals surface area contributed by atoms with Gasteiger partial charge in [0.25, 0.3) is 0 Å². The minimum atomic E-state index is -0.824. The van der Waals surface area contributed by atoms with E-state index in [4.69, 9.17) is 9.84 Å². The van der Waals surface area contributed by atoms with Crippen molar-refractivity contribution in [3.05, 3.63) is 59.7 Å². The largest absolute Gasteiger partial charge is 0.481 e. The van der Waals surface area contributed by atoms with Gasteiger partial charge in [-0.25, -0.2) is 4.79 Å². The van der Waals surface area contributed by atoms with Crippen LogP contribution >= 0.6 is 0 Å². The van der Waals surface area contributed by atoms with Gasteiger partial charge in [0.2, 0.25) is 5.91 Å². The summed E-state index contributed by atoms with van der Waals surface area (Å²) >= 11 is 0. The summed E-state index contributed by atoms with van der Waals surface area (Å²) in [7, 11) is 0. The molecule has 2 aromatic carbocycles. The molecule has 0 spiro atoms. The molecular formula is C27H30N2O5. The molecule has 0 aromatic heterocycles. The lowest BCUT2D eigenvalue weighted by Crippen LogP contribution is -2.45. The van der Waals surface area contributed by atoms with Gasteiger partial charge < -0.3 is 20.1 Å². The maximum atomic E-state index is 13.1. The standard InChI is InChI=1S/C27H30N2O5/c30-25(31)14-17-12-13-29(15-17)26(32)22-10-5-11-24(22)28-27(33)34-16-23-20-8-3-1-6-18(20)19-7-2-4-9-21(19)23/h1-4,6-9,17,22-24H,5,10-16H2,(H,28,33)(H,30,31)/t17?,22-,24+/m0/s1. The lowest BCUT2D eigenvalue weighted by molar-refractivity contribution is -0.139. The van der Waals surface area contributed by atoms with Crippen molar-refractivity contribution in [2.24, 2.45) is 11.8 Å². The van der Waals surface area contributed by atoms with E-state index in [2.05, 4.69) is 29.6 Å². The number of rotatable bonds is 6. The van der Waals surface area contributed by atoms with Gasteiger partial charge in [0.05, 0.1) is 5.92 Å². The average Bonchev–Trinajstić information content (AvgIpc) is 3.55. The van der Waals surface area contributed by atoms with E-state index in [1.54, 1.807) is 4.90 Å². The molecule has 5 rings (SSSR count). The number of ether oxygens (including phenoxy) is 1. The molecule has 2 amide bonds. The molecule has 2 aliphatic carbocycles. The van der Waals surface area contributed by atoms with Gasteiger partial charge in [-0.05, 0) is 47.4 Å². The monoisotopic (exact) mass is 462 g/mol. The Bertz CT molecular complexity index is 1050. The van der Waals surface area contributed by atoms with Crippen molar-refractivity contribution in [3.8, 4) is 11.1 Å². The van der Waals surface area contributed by atoms with Crippen LogP contribution in [0.15, 0.2) is 48.5 Å². The van der Waals surface area contributed by atoms with Crippen molar-refractivity contribution in [2.45, 2.75) is 44.1 Å². The summed E-state index contributed by atoms with van der Waals surface area (Å²) in [6, 6.07) is 16.2. The van der Waals surface area contributed by atoms with Crippen LogP contribution in [0.1, 0.15) is 49.1 Å². The lowest BCUT2D eigenvalue weighted by atomic mass is 9.98. The fraction of sp³-hybridized carbons (Fsp3) is 0.444. The lowest BCUT2D eigenvalue weighted by Gasteiger charge is -2.25. The number of aliphatic carboxylic acids is 1. The number of amides is 2. The molecular weight excluding hydrogens is 432 g/mol.